The maximum absolute atomic E-state index is 12.0. The molecule has 92 valence electrons. The van der Waals surface area contributed by atoms with Gasteiger partial charge in [-0.15, -0.1) is 11.8 Å². The van der Waals surface area contributed by atoms with Gasteiger partial charge in [-0.25, -0.2) is 0 Å². The van der Waals surface area contributed by atoms with E-state index in [0.29, 0.717) is 5.02 Å². The number of nitrogens with one attached hydrogen (secondary N) is 1. The summed E-state index contributed by atoms with van der Waals surface area (Å²) in [6, 6.07) is 5.42. The Morgan fingerprint density at radius 3 is 2.94 bits per heavy atom. The summed E-state index contributed by atoms with van der Waals surface area (Å²) >= 11 is 11.0. The summed E-state index contributed by atoms with van der Waals surface area (Å²) < 4.78 is 0.799. The van der Waals surface area contributed by atoms with Gasteiger partial charge in [0.05, 0.1) is 10.3 Å². The van der Waals surface area contributed by atoms with Crippen molar-refractivity contribution >= 4 is 50.9 Å². The second kappa shape index (κ2) is 6.12. The van der Waals surface area contributed by atoms with E-state index >= 15 is 0 Å². The fourth-order valence-corrected chi connectivity index (χ4v) is 3.44. The first-order valence-electron chi connectivity index (χ1n) is 5.54. The van der Waals surface area contributed by atoms with Crippen LogP contribution in [0.4, 0.5) is 5.69 Å². The molecule has 1 amide bonds. The molecule has 1 atom stereocenters. The van der Waals surface area contributed by atoms with Crippen molar-refractivity contribution in [2.45, 2.75) is 24.5 Å². The molecule has 5 heteroatoms. The maximum atomic E-state index is 12.0. The molecule has 1 saturated heterocycles. The van der Waals surface area contributed by atoms with Gasteiger partial charge in [-0.2, -0.15) is 0 Å². The number of thioether (sulfide) groups is 1. The minimum Gasteiger partial charge on any atom is -0.325 e. The Balaban J connectivity index is 1.99. The summed E-state index contributed by atoms with van der Waals surface area (Å²) in [6.45, 7) is 0. The smallest absolute Gasteiger partial charge is 0.237 e. The molecule has 2 nitrogen and oxygen atoms in total. The number of anilines is 1. The molecule has 0 saturated carbocycles. The summed E-state index contributed by atoms with van der Waals surface area (Å²) in [5.74, 6) is 1.19. The molecule has 1 aromatic carbocycles. The molecule has 1 aliphatic heterocycles. The third kappa shape index (κ3) is 3.63. The van der Waals surface area contributed by atoms with E-state index in [0.717, 1.165) is 28.8 Å². The van der Waals surface area contributed by atoms with Crippen molar-refractivity contribution in [1.29, 1.82) is 0 Å². The monoisotopic (exact) mass is 333 g/mol. The second-order valence-corrected chi connectivity index (χ2v) is 6.55. The zero-order valence-corrected chi connectivity index (χ0v) is 12.4. The number of hydrogen-bond acceptors (Lipinski definition) is 2. The van der Waals surface area contributed by atoms with Crippen LogP contribution < -0.4 is 5.32 Å². The number of amides is 1. The predicted molar refractivity (Wildman–Crippen MR) is 77.9 cm³/mol. The lowest BCUT2D eigenvalue weighted by atomic mass is 10.2. The van der Waals surface area contributed by atoms with Crippen LogP contribution in [0.2, 0.25) is 5.02 Å². The summed E-state index contributed by atoms with van der Waals surface area (Å²) in [6.07, 6.45) is 3.35. The molecule has 0 bridgehead atoms. The van der Waals surface area contributed by atoms with Crippen LogP contribution in [0.5, 0.6) is 0 Å². The van der Waals surface area contributed by atoms with Gasteiger partial charge in [0.1, 0.15) is 0 Å². The first-order valence-corrected chi connectivity index (χ1v) is 7.76. The van der Waals surface area contributed by atoms with Crippen LogP contribution in [0.25, 0.3) is 0 Å². The van der Waals surface area contributed by atoms with Gasteiger partial charge in [0.2, 0.25) is 5.91 Å². The van der Waals surface area contributed by atoms with Crippen molar-refractivity contribution in [3.05, 3.63) is 27.7 Å². The summed E-state index contributed by atoms with van der Waals surface area (Å²) in [4.78, 5) is 12.0. The van der Waals surface area contributed by atoms with E-state index in [1.54, 1.807) is 17.8 Å². The number of halogens is 2. The number of benzene rings is 1. The fourth-order valence-electron chi connectivity index (χ4n) is 1.74. The molecular weight excluding hydrogens is 322 g/mol. The number of rotatable bonds is 2. The summed E-state index contributed by atoms with van der Waals surface area (Å²) in [5, 5.41) is 3.68. The van der Waals surface area contributed by atoms with Gasteiger partial charge in [-0.05, 0) is 52.7 Å². The van der Waals surface area contributed by atoms with Gasteiger partial charge >= 0.3 is 0 Å². The molecule has 1 fully saturated rings. The minimum absolute atomic E-state index is 0.0956. The van der Waals surface area contributed by atoms with Gasteiger partial charge in [0.25, 0.3) is 0 Å². The average Bonchev–Trinajstić information content (AvgIpc) is 2.35. The molecule has 1 N–H and O–H groups in total. The highest BCUT2D eigenvalue weighted by Gasteiger charge is 2.21. The first kappa shape index (κ1) is 13.2. The van der Waals surface area contributed by atoms with Gasteiger partial charge < -0.3 is 5.32 Å². The molecule has 0 radical (unpaired) electrons. The van der Waals surface area contributed by atoms with Crippen molar-refractivity contribution < 1.29 is 4.79 Å². The number of carbonyl (C=O) groups is 1. The lowest BCUT2D eigenvalue weighted by molar-refractivity contribution is -0.115. The third-order valence-corrected chi connectivity index (χ3v) is 5.25. The number of hydrogen-bond donors (Lipinski definition) is 1. The summed E-state index contributed by atoms with van der Waals surface area (Å²) in [5.41, 5.74) is 0.789. The molecule has 1 unspecified atom stereocenters. The second-order valence-electron chi connectivity index (χ2n) is 3.97. The van der Waals surface area contributed by atoms with Crippen molar-refractivity contribution in [2.24, 2.45) is 0 Å². The van der Waals surface area contributed by atoms with Crippen LogP contribution in [0.15, 0.2) is 22.7 Å². The average molecular weight is 335 g/mol. The Morgan fingerprint density at radius 1 is 1.47 bits per heavy atom. The Morgan fingerprint density at radius 2 is 2.29 bits per heavy atom. The van der Waals surface area contributed by atoms with E-state index in [9.17, 15) is 4.79 Å². The quantitative estimate of drug-likeness (QED) is 0.872. The third-order valence-electron chi connectivity index (χ3n) is 2.66. The highest BCUT2D eigenvalue weighted by atomic mass is 79.9. The van der Waals surface area contributed by atoms with E-state index in [1.807, 2.05) is 12.1 Å². The Kier molecular flexibility index (Phi) is 4.77. The molecular formula is C12H13BrClNOS. The molecule has 1 aliphatic rings. The number of carbonyl (C=O) groups excluding carboxylic acids is 1. The zero-order valence-electron chi connectivity index (χ0n) is 9.21. The van der Waals surface area contributed by atoms with Gasteiger partial charge in [0, 0.05) is 10.2 Å². The standard InChI is InChI=1S/C12H13BrClNOS/c13-9-7-8(4-5-10(9)14)15-12(16)11-3-1-2-6-17-11/h4-5,7,11H,1-3,6H2,(H,15,16). The van der Waals surface area contributed by atoms with Crippen LogP contribution in [-0.2, 0) is 4.79 Å². The van der Waals surface area contributed by atoms with Gasteiger partial charge in [-0.1, -0.05) is 18.0 Å². The minimum atomic E-state index is 0.0956. The van der Waals surface area contributed by atoms with E-state index < -0.39 is 0 Å². The lowest BCUT2D eigenvalue weighted by Crippen LogP contribution is -2.27. The first-order chi connectivity index (χ1) is 8.16. The van der Waals surface area contributed by atoms with E-state index in [-0.39, 0.29) is 11.2 Å². The van der Waals surface area contributed by atoms with Crippen LogP contribution in [0, 0.1) is 0 Å². The van der Waals surface area contributed by atoms with E-state index in [1.165, 1.54) is 6.42 Å². The largest absolute Gasteiger partial charge is 0.325 e. The Labute approximate surface area is 119 Å². The lowest BCUT2D eigenvalue weighted by Gasteiger charge is -2.20. The molecule has 0 aromatic heterocycles. The van der Waals surface area contributed by atoms with Crippen LogP contribution in [-0.4, -0.2) is 16.9 Å². The van der Waals surface area contributed by atoms with Gasteiger partial charge in [0.15, 0.2) is 0 Å². The van der Waals surface area contributed by atoms with Crippen molar-refractivity contribution in [1.82, 2.24) is 0 Å². The van der Waals surface area contributed by atoms with Crippen LogP contribution in [0.3, 0.4) is 0 Å². The fraction of sp³-hybridized carbons (Fsp3) is 0.417. The zero-order chi connectivity index (χ0) is 12.3. The molecule has 0 aliphatic carbocycles. The van der Waals surface area contributed by atoms with Crippen molar-refractivity contribution in [3.8, 4) is 0 Å². The molecule has 2 rings (SSSR count). The molecule has 1 heterocycles. The molecule has 0 spiro atoms. The van der Waals surface area contributed by atoms with E-state index in [4.69, 9.17) is 11.6 Å². The molecule has 17 heavy (non-hydrogen) atoms. The van der Waals surface area contributed by atoms with Crippen molar-refractivity contribution in [2.75, 3.05) is 11.1 Å². The van der Waals surface area contributed by atoms with Gasteiger partial charge in [-0.3, -0.25) is 4.79 Å². The van der Waals surface area contributed by atoms with Crippen LogP contribution >= 0.6 is 39.3 Å². The SMILES string of the molecule is O=C(Nc1ccc(Cl)c(Br)c1)C1CCCCS1. The van der Waals surface area contributed by atoms with E-state index in [2.05, 4.69) is 21.2 Å². The normalized spacial score (nSPS) is 20.0. The highest BCUT2D eigenvalue weighted by Crippen LogP contribution is 2.28. The maximum Gasteiger partial charge on any atom is 0.237 e. The van der Waals surface area contributed by atoms with Crippen LogP contribution in [0.1, 0.15) is 19.3 Å². The predicted octanol–water partition coefficient (Wildman–Crippen LogP) is 4.33. The summed E-state index contributed by atoms with van der Waals surface area (Å²) in [7, 11) is 0. The topological polar surface area (TPSA) is 29.1 Å². The molecule has 1 aromatic rings. The van der Waals surface area contributed by atoms with Crippen molar-refractivity contribution in [3.63, 3.8) is 0 Å². The Hall–Kier alpha value is -0.190. The highest BCUT2D eigenvalue weighted by molar-refractivity contribution is 9.10. The Bertz CT molecular complexity index is 421.